The van der Waals surface area contributed by atoms with Crippen LogP contribution in [0, 0.1) is 0 Å². The van der Waals surface area contributed by atoms with Crippen LogP contribution in [0.4, 0.5) is 0 Å². The number of hydrogen-bond donors (Lipinski definition) is 1. The first-order valence-electron chi connectivity index (χ1n) is 2.80. The Morgan fingerprint density at radius 3 is 2.57 bits per heavy atom. The van der Waals surface area contributed by atoms with Crippen LogP contribution < -0.4 is 0 Å². The van der Waals surface area contributed by atoms with Gasteiger partial charge >= 0.3 is 0 Å². The molecule has 0 fully saturated rings. The molecule has 0 spiro atoms. The van der Waals surface area contributed by atoms with Crippen LogP contribution >= 0.6 is 0 Å². The molecule has 0 rings (SSSR count). The van der Waals surface area contributed by atoms with Gasteiger partial charge in [0.2, 0.25) is 0 Å². The van der Waals surface area contributed by atoms with Gasteiger partial charge in [-0.05, 0) is 6.42 Å². The van der Waals surface area contributed by atoms with Crippen LogP contribution in [0.15, 0.2) is 0 Å². The molecule has 2 heteroatoms. The first-order valence-corrected chi connectivity index (χ1v) is 2.80. The van der Waals surface area contributed by atoms with Gasteiger partial charge in [0, 0.05) is 6.61 Å². The minimum absolute atomic E-state index is 0.341. The van der Waals surface area contributed by atoms with E-state index in [9.17, 15) is 0 Å². The zero-order valence-corrected chi connectivity index (χ0v) is 4.85. The lowest BCUT2D eigenvalue weighted by atomic mass is 9.76. The Balaban J connectivity index is 2.45. The van der Waals surface area contributed by atoms with E-state index >= 15 is 0 Å². The number of rotatable bonds is 4. The normalized spacial score (nSPS) is 8.86. The molecular formula is C5H12BO. The van der Waals surface area contributed by atoms with E-state index in [0.717, 1.165) is 19.2 Å². The fourth-order valence-corrected chi connectivity index (χ4v) is 0.460. The molecule has 0 aliphatic carbocycles. The first kappa shape index (κ1) is 7.02. The maximum atomic E-state index is 8.28. The highest BCUT2D eigenvalue weighted by Crippen LogP contribution is 1.91. The van der Waals surface area contributed by atoms with Crippen molar-refractivity contribution in [1.82, 2.24) is 0 Å². The summed E-state index contributed by atoms with van der Waals surface area (Å²) in [6, 6.07) is 0. The first-order chi connectivity index (χ1) is 3.41. The van der Waals surface area contributed by atoms with Gasteiger partial charge in [-0.2, -0.15) is 0 Å². The Morgan fingerprint density at radius 1 is 1.43 bits per heavy atom. The van der Waals surface area contributed by atoms with Crippen LogP contribution in [0.5, 0.6) is 0 Å². The summed E-state index contributed by atoms with van der Waals surface area (Å²) in [5.74, 6) is 0. The maximum Gasteiger partial charge on any atom is 0.105 e. The Bertz CT molecular complexity index is 27.3. The molecule has 0 unspecified atom stereocenters. The van der Waals surface area contributed by atoms with E-state index in [2.05, 4.69) is 7.28 Å². The van der Waals surface area contributed by atoms with Crippen molar-refractivity contribution in [1.29, 1.82) is 0 Å². The summed E-state index contributed by atoms with van der Waals surface area (Å²) in [6.07, 6.45) is 3.22. The maximum absolute atomic E-state index is 8.28. The van der Waals surface area contributed by atoms with Gasteiger partial charge in [0.15, 0.2) is 0 Å². The molecule has 0 bridgehead atoms. The predicted molar refractivity (Wildman–Crippen MR) is 32.7 cm³/mol. The third-order valence-electron chi connectivity index (χ3n) is 0.901. The minimum Gasteiger partial charge on any atom is -0.396 e. The molecular weight excluding hydrogens is 86.9 g/mol. The van der Waals surface area contributed by atoms with Crippen molar-refractivity contribution >= 4 is 7.28 Å². The van der Waals surface area contributed by atoms with Gasteiger partial charge in [0.25, 0.3) is 0 Å². The summed E-state index contributed by atoms with van der Waals surface area (Å²) in [7, 11) is 2.12. The van der Waals surface area contributed by atoms with Gasteiger partial charge in [-0.25, -0.2) is 0 Å². The smallest absolute Gasteiger partial charge is 0.105 e. The summed E-state index contributed by atoms with van der Waals surface area (Å²) in [5.41, 5.74) is 0. The average molecular weight is 99.0 g/mol. The molecule has 0 aliphatic rings. The summed E-state index contributed by atoms with van der Waals surface area (Å²) < 4.78 is 0. The van der Waals surface area contributed by atoms with Gasteiger partial charge < -0.3 is 5.11 Å². The van der Waals surface area contributed by atoms with Crippen molar-refractivity contribution in [3.05, 3.63) is 0 Å². The zero-order chi connectivity index (χ0) is 5.54. The van der Waals surface area contributed by atoms with Crippen LogP contribution in [-0.4, -0.2) is 19.0 Å². The second-order valence-corrected chi connectivity index (χ2v) is 1.63. The van der Waals surface area contributed by atoms with Crippen LogP contribution in [0.2, 0.25) is 13.1 Å². The minimum atomic E-state index is 0.341. The fourth-order valence-electron chi connectivity index (χ4n) is 0.460. The molecule has 0 aromatic heterocycles. The van der Waals surface area contributed by atoms with Crippen molar-refractivity contribution in [2.75, 3.05) is 6.61 Å². The fraction of sp³-hybridized carbons (Fsp3) is 1.00. The SMILES string of the molecule is C[B]CCCCO. The molecule has 1 N–H and O–H groups in total. The molecule has 0 aromatic carbocycles. The van der Waals surface area contributed by atoms with Crippen LogP contribution in [0.25, 0.3) is 0 Å². The third-order valence-corrected chi connectivity index (χ3v) is 0.901. The van der Waals surface area contributed by atoms with Gasteiger partial charge in [0.05, 0.1) is 0 Å². The zero-order valence-electron chi connectivity index (χ0n) is 4.85. The molecule has 0 atom stereocenters. The molecule has 0 aromatic rings. The van der Waals surface area contributed by atoms with Crippen molar-refractivity contribution in [3.8, 4) is 0 Å². The molecule has 0 saturated heterocycles. The molecule has 0 amide bonds. The highest BCUT2D eigenvalue weighted by Gasteiger charge is 1.82. The second-order valence-electron chi connectivity index (χ2n) is 1.63. The average Bonchev–Trinajstić information content (AvgIpc) is 1.69. The van der Waals surface area contributed by atoms with Crippen LogP contribution in [0.1, 0.15) is 12.8 Å². The van der Waals surface area contributed by atoms with Gasteiger partial charge in [-0.15, -0.1) is 0 Å². The van der Waals surface area contributed by atoms with Crippen molar-refractivity contribution < 1.29 is 5.11 Å². The van der Waals surface area contributed by atoms with Gasteiger partial charge in [0.1, 0.15) is 7.28 Å². The molecule has 0 aliphatic heterocycles. The van der Waals surface area contributed by atoms with Gasteiger partial charge in [-0.3, -0.25) is 0 Å². The lowest BCUT2D eigenvalue weighted by molar-refractivity contribution is 0.287. The molecule has 0 heterocycles. The monoisotopic (exact) mass is 99.1 g/mol. The van der Waals surface area contributed by atoms with Crippen molar-refractivity contribution in [2.45, 2.75) is 26.0 Å². The highest BCUT2D eigenvalue weighted by molar-refractivity contribution is 6.33. The third kappa shape index (κ3) is 6.02. The standard InChI is InChI=1S/C5H12BO/c1-6-4-2-3-5-7/h7H,2-5H2,1H3. The van der Waals surface area contributed by atoms with E-state index in [1.807, 2.05) is 6.82 Å². The van der Waals surface area contributed by atoms with Crippen LogP contribution in [0.3, 0.4) is 0 Å². The largest absolute Gasteiger partial charge is 0.396 e. The highest BCUT2D eigenvalue weighted by atomic mass is 16.2. The topological polar surface area (TPSA) is 20.2 Å². The Hall–Kier alpha value is 0.0249. The lowest BCUT2D eigenvalue weighted by Crippen LogP contribution is -1.84. The van der Waals surface area contributed by atoms with Crippen LogP contribution in [-0.2, 0) is 0 Å². The Morgan fingerprint density at radius 2 is 2.14 bits per heavy atom. The number of aliphatic hydroxyl groups excluding tert-OH is 1. The number of unbranched alkanes of at least 4 members (excludes halogenated alkanes) is 1. The van der Waals surface area contributed by atoms with E-state index in [-0.39, 0.29) is 0 Å². The van der Waals surface area contributed by atoms with E-state index in [1.165, 1.54) is 0 Å². The van der Waals surface area contributed by atoms with E-state index in [1.54, 1.807) is 0 Å². The Kier molecular flexibility index (Phi) is 6.05. The lowest BCUT2D eigenvalue weighted by Gasteiger charge is -1.89. The molecule has 41 valence electrons. The van der Waals surface area contributed by atoms with E-state index < -0.39 is 0 Å². The molecule has 0 saturated carbocycles. The Labute approximate surface area is 46.0 Å². The summed E-state index contributed by atoms with van der Waals surface area (Å²) in [6.45, 7) is 2.38. The number of aliphatic hydroxyl groups is 1. The van der Waals surface area contributed by atoms with E-state index in [4.69, 9.17) is 5.11 Å². The van der Waals surface area contributed by atoms with Gasteiger partial charge in [-0.1, -0.05) is 19.6 Å². The summed E-state index contributed by atoms with van der Waals surface area (Å²) >= 11 is 0. The van der Waals surface area contributed by atoms with Crippen molar-refractivity contribution in [3.63, 3.8) is 0 Å². The predicted octanol–water partition coefficient (Wildman–Crippen LogP) is 0.929. The summed E-state index contributed by atoms with van der Waals surface area (Å²) in [4.78, 5) is 0. The van der Waals surface area contributed by atoms with Crippen molar-refractivity contribution in [2.24, 2.45) is 0 Å². The van der Waals surface area contributed by atoms with E-state index in [0.29, 0.717) is 6.61 Å². The summed E-state index contributed by atoms with van der Waals surface area (Å²) in [5, 5.41) is 8.28. The molecule has 7 heavy (non-hydrogen) atoms. The second kappa shape index (κ2) is 6.02. The quantitative estimate of drug-likeness (QED) is 0.410. The molecule has 1 nitrogen and oxygen atoms in total. The number of hydrogen-bond acceptors (Lipinski definition) is 1. The molecule has 1 radical (unpaired) electrons.